The first kappa shape index (κ1) is 18.3. The Morgan fingerprint density at radius 2 is 1.80 bits per heavy atom. The van der Waals surface area contributed by atoms with Gasteiger partial charge in [-0.3, -0.25) is 9.59 Å². The molecule has 2 aromatic carbocycles. The number of carbonyl (C=O) groups is 2. The molecule has 0 aliphatic heterocycles. The molecular formula is C18H21N3O4. The number of anilines is 2. The molecule has 7 nitrogen and oxygen atoms in total. The van der Waals surface area contributed by atoms with Crippen molar-refractivity contribution in [2.24, 2.45) is 5.73 Å². The van der Waals surface area contributed by atoms with Crippen molar-refractivity contribution in [1.29, 1.82) is 0 Å². The molecule has 0 bridgehead atoms. The molecule has 25 heavy (non-hydrogen) atoms. The van der Waals surface area contributed by atoms with Gasteiger partial charge in [0, 0.05) is 17.4 Å². The zero-order valence-electron chi connectivity index (χ0n) is 14.2. The fourth-order valence-corrected chi connectivity index (χ4v) is 2.07. The molecular weight excluding hydrogens is 322 g/mol. The average molecular weight is 343 g/mol. The van der Waals surface area contributed by atoms with Crippen molar-refractivity contribution in [3.05, 3.63) is 48.0 Å². The van der Waals surface area contributed by atoms with Crippen LogP contribution in [0, 0.1) is 6.92 Å². The largest absolute Gasteiger partial charge is 0.497 e. The van der Waals surface area contributed by atoms with Crippen LogP contribution >= 0.6 is 0 Å². The van der Waals surface area contributed by atoms with Crippen molar-refractivity contribution >= 4 is 23.2 Å². The number of benzene rings is 2. The van der Waals surface area contributed by atoms with Crippen molar-refractivity contribution in [3.8, 4) is 11.5 Å². The minimum absolute atomic E-state index is 0.107. The first-order valence-electron chi connectivity index (χ1n) is 7.69. The van der Waals surface area contributed by atoms with Gasteiger partial charge in [-0.05, 0) is 36.8 Å². The maximum atomic E-state index is 12.1. The molecule has 4 N–H and O–H groups in total. The third-order valence-corrected chi connectivity index (χ3v) is 3.39. The van der Waals surface area contributed by atoms with Crippen molar-refractivity contribution < 1.29 is 19.1 Å². The molecule has 2 rings (SSSR count). The molecule has 0 saturated carbocycles. The van der Waals surface area contributed by atoms with Crippen LogP contribution in [0.25, 0.3) is 0 Å². The van der Waals surface area contributed by atoms with Gasteiger partial charge >= 0.3 is 0 Å². The lowest BCUT2D eigenvalue weighted by molar-refractivity contribution is -0.118. The minimum Gasteiger partial charge on any atom is -0.497 e. The van der Waals surface area contributed by atoms with E-state index in [1.165, 1.54) is 0 Å². The Labute approximate surface area is 146 Å². The predicted molar refractivity (Wildman–Crippen MR) is 96.0 cm³/mol. The van der Waals surface area contributed by atoms with Gasteiger partial charge in [0.2, 0.25) is 5.91 Å². The number of rotatable bonds is 7. The lowest BCUT2D eigenvalue weighted by atomic mass is 10.1. The molecule has 0 saturated heterocycles. The molecule has 0 heterocycles. The molecule has 0 unspecified atom stereocenters. The van der Waals surface area contributed by atoms with Crippen LogP contribution in [0.2, 0.25) is 0 Å². The van der Waals surface area contributed by atoms with E-state index in [9.17, 15) is 9.59 Å². The summed E-state index contributed by atoms with van der Waals surface area (Å²) in [5.74, 6) is 0.572. The molecule has 2 aromatic rings. The van der Waals surface area contributed by atoms with Crippen molar-refractivity contribution in [3.63, 3.8) is 0 Å². The van der Waals surface area contributed by atoms with Gasteiger partial charge in [-0.1, -0.05) is 12.1 Å². The van der Waals surface area contributed by atoms with E-state index in [1.54, 1.807) is 49.6 Å². The molecule has 2 amide bonds. The normalized spacial score (nSPS) is 10.0. The smallest absolute Gasteiger partial charge is 0.262 e. The summed E-state index contributed by atoms with van der Waals surface area (Å²) in [5, 5.41) is 5.41. The van der Waals surface area contributed by atoms with E-state index in [-0.39, 0.29) is 25.0 Å². The van der Waals surface area contributed by atoms with Crippen LogP contribution in [0.5, 0.6) is 11.5 Å². The molecule has 0 aliphatic rings. The van der Waals surface area contributed by atoms with E-state index in [1.807, 2.05) is 6.92 Å². The zero-order chi connectivity index (χ0) is 18.2. The van der Waals surface area contributed by atoms with Crippen LogP contribution in [0.15, 0.2) is 42.5 Å². The Kier molecular flexibility index (Phi) is 6.36. The Morgan fingerprint density at radius 3 is 2.52 bits per heavy atom. The number of hydrogen-bond acceptors (Lipinski definition) is 5. The van der Waals surface area contributed by atoms with Crippen LogP contribution in [-0.2, 0) is 9.59 Å². The van der Waals surface area contributed by atoms with Gasteiger partial charge in [-0.2, -0.15) is 0 Å². The molecule has 0 aliphatic carbocycles. The van der Waals surface area contributed by atoms with Gasteiger partial charge in [0.25, 0.3) is 5.91 Å². The Balaban J connectivity index is 1.97. The summed E-state index contributed by atoms with van der Waals surface area (Å²) >= 11 is 0. The number of nitrogens with two attached hydrogens (primary N) is 1. The summed E-state index contributed by atoms with van der Waals surface area (Å²) in [6, 6.07) is 12.2. The molecule has 132 valence electrons. The van der Waals surface area contributed by atoms with Gasteiger partial charge in [-0.15, -0.1) is 0 Å². The molecule has 0 fully saturated rings. The van der Waals surface area contributed by atoms with Gasteiger partial charge in [0.1, 0.15) is 11.5 Å². The van der Waals surface area contributed by atoms with Gasteiger partial charge in [-0.25, -0.2) is 0 Å². The van der Waals surface area contributed by atoms with Gasteiger partial charge < -0.3 is 25.8 Å². The monoisotopic (exact) mass is 343 g/mol. The maximum absolute atomic E-state index is 12.1. The highest BCUT2D eigenvalue weighted by Crippen LogP contribution is 2.21. The van der Waals surface area contributed by atoms with E-state index in [0.29, 0.717) is 22.9 Å². The fourth-order valence-electron chi connectivity index (χ4n) is 2.07. The van der Waals surface area contributed by atoms with E-state index >= 15 is 0 Å². The van der Waals surface area contributed by atoms with Gasteiger partial charge in [0.05, 0.1) is 13.7 Å². The number of ether oxygens (including phenoxy) is 2. The third kappa shape index (κ3) is 5.50. The Bertz CT molecular complexity index is 762. The predicted octanol–water partition coefficient (Wildman–Crippen LogP) is 1.92. The summed E-state index contributed by atoms with van der Waals surface area (Å²) in [7, 11) is 1.56. The molecule has 0 atom stereocenters. The summed E-state index contributed by atoms with van der Waals surface area (Å²) in [4.78, 5) is 23.5. The number of hydrogen-bond donors (Lipinski definition) is 3. The molecule has 0 radical (unpaired) electrons. The second-order valence-electron chi connectivity index (χ2n) is 5.30. The van der Waals surface area contributed by atoms with E-state index in [0.717, 1.165) is 5.56 Å². The summed E-state index contributed by atoms with van der Waals surface area (Å²) in [6.45, 7) is 1.60. The van der Waals surface area contributed by atoms with E-state index < -0.39 is 0 Å². The number of nitrogens with one attached hydrogen (secondary N) is 2. The number of methoxy groups -OCH3 is 1. The highest BCUT2D eigenvalue weighted by atomic mass is 16.5. The summed E-state index contributed by atoms with van der Waals surface area (Å²) in [6.07, 6.45) is 0. The van der Waals surface area contributed by atoms with Crippen molar-refractivity contribution in [2.45, 2.75) is 6.92 Å². The van der Waals surface area contributed by atoms with Crippen LogP contribution < -0.4 is 25.8 Å². The zero-order valence-corrected chi connectivity index (χ0v) is 14.2. The lowest BCUT2D eigenvalue weighted by Crippen LogP contribution is -2.23. The number of aryl methyl sites for hydroxylation is 1. The van der Waals surface area contributed by atoms with Crippen molar-refractivity contribution in [2.75, 3.05) is 30.9 Å². The standard InChI is InChI=1S/C18H21N3O4/c1-12-6-7-13(20-17(22)10-19)8-16(12)21-18(23)11-25-15-5-3-4-14(9-15)24-2/h3-9H,10-11,19H2,1-2H3,(H,20,22)(H,21,23). The van der Waals surface area contributed by atoms with Crippen LogP contribution in [0.4, 0.5) is 11.4 Å². The van der Waals surface area contributed by atoms with Crippen LogP contribution in [-0.4, -0.2) is 32.1 Å². The molecule has 0 spiro atoms. The average Bonchev–Trinajstić information content (AvgIpc) is 2.62. The number of carbonyl (C=O) groups excluding carboxylic acids is 2. The Morgan fingerprint density at radius 1 is 1.04 bits per heavy atom. The number of amides is 2. The highest BCUT2D eigenvalue weighted by molar-refractivity contribution is 5.95. The van der Waals surface area contributed by atoms with E-state index in [4.69, 9.17) is 15.2 Å². The molecule has 7 heteroatoms. The fraction of sp³-hybridized carbons (Fsp3) is 0.222. The first-order valence-corrected chi connectivity index (χ1v) is 7.69. The van der Waals surface area contributed by atoms with Crippen LogP contribution in [0.3, 0.4) is 0 Å². The summed E-state index contributed by atoms with van der Waals surface area (Å²) < 4.78 is 10.6. The topological polar surface area (TPSA) is 103 Å². The highest BCUT2D eigenvalue weighted by Gasteiger charge is 2.08. The maximum Gasteiger partial charge on any atom is 0.262 e. The lowest BCUT2D eigenvalue weighted by Gasteiger charge is -2.12. The minimum atomic E-state index is -0.312. The first-order chi connectivity index (χ1) is 12.0. The van der Waals surface area contributed by atoms with Gasteiger partial charge in [0.15, 0.2) is 6.61 Å². The van der Waals surface area contributed by atoms with Crippen molar-refractivity contribution in [1.82, 2.24) is 0 Å². The third-order valence-electron chi connectivity index (χ3n) is 3.39. The van der Waals surface area contributed by atoms with E-state index in [2.05, 4.69) is 10.6 Å². The molecule has 0 aromatic heterocycles. The second-order valence-corrected chi connectivity index (χ2v) is 5.30. The Hall–Kier alpha value is -3.06. The second kappa shape index (κ2) is 8.70. The SMILES string of the molecule is COc1cccc(OCC(=O)Nc2cc(NC(=O)CN)ccc2C)c1. The summed E-state index contributed by atoms with van der Waals surface area (Å²) in [5.41, 5.74) is 7.29. The quantitative estimate of drug-likeness (QED) is 0.713. The van der Waals surface area contributed by atoms with Crippen LogP contribution in [0.1, 0.15) is 5.56 Å².